The minimum Gasteiger partial charge on any atom is -0.278 e. The smallest absolute Gasteiger partial charge is 0.238 e. The predicted octanol–water partition coefficient (Wildman–Crippen LogP) is 13.9. The molecular formula is C52H36N4S. The van der Waals surface area contributed by atoms with E-state index in [1.165, 1.54) is 48.0 Å². The Morgan fingerprint density at radius 1 is 0.474 bits per heavy atom. The number of rotatable bonds is 6. The molecule has 7 aromatic carbocycles. The van der Waals surface area contributed by atoms with Crippen LogP contribution < -0.4 is 0 Å². The van der Waals surface area contributed by atoms with Crippen LogP contribution >= 0.6 is 11.3 Å². The van der Waals surface area contributed by atoms with E-state index < -0.39 is 0 Å². The van der Waals surface area contributed by atoms with Crippen molar-refractivity contribution in [3.63, 3.8) is 0 Å². The summed E-state index contributed by atoms with van der Waals surface area (Å²) in [6.07, 6.45) is 8.65. The molecule has 0 saturated carbocycles. The van der Waals surface area contributed by atoms with Gasteiger partial charge in [0.2, 0.25) is 5.95 Å². The van der Waals surface area contributed by atoms with Gasteiger partial charge in [-0.3, -0.25) is 4.57 Å². The third-order valence-electron chi connectivity index (χ3n) is 11.4. The first-order valence-corrected chi connectivity index (χ1v) is 20.3. The summed E-state index contributed by atoms with van der Waals surface area (Å²) in [7, 11) is 0. The van der Waals surface area contributed by atoms with Crippen LogP contribution in [0.5, 0.6) is 0 Å². The summed E-state index contributed by atoms with van der Waals surface area (Å²) in [5.74, 6) is 2.34. The minimum atomic E-state index is 0.0318. The molecule has 2 atom stereocenters. The first-order valence-electron chi connectivity index (χ1n) is 19.5. The minimum absolute atomic E-state index is 0.0318. The molecule has 1 aliphatic rings. The van der Waals surface area contributed by atoms with E-state index in [-0.39, 0.29) is 11.8 Å². The number of fused-ring (bicyclic) bond motifs is 6. The van der Waals surface area contributed by atoms with Crippen molar-refractivity contribution in [1.29, 1.82) is 0 Å². The molecule has 0 bridgehead atoms. The highest BCUT2D eigenvalue weighted by atomic mass is 32.1. The normalized spacial score (nSPS) is 15.3. The van der Waals surface area contributed by atoms with Crippen LogP contribution in [0.4, 0.5) is 0 Å². The summed E-state index contributed by atoms with van der Waals surface area (Å²) >= 11 is 1.87. The molecule has 0 amide bonds. The van der Waals surface area contributed by atoms with E-state index in [4.69, 9.17) is 15.0 Å². The van der Waals surface area contributed by atoms with Gasteiger partial charge in [0.1, 0.15) is 5.82 Å². The lowest BCUT2D eigenvalue weighted by Crippen LogP contribution is -2.15. The van der Waals surface area contributed by atoms with Crippen LogP contribution in [0.15, 0.2) is 188 Å². The van der Waals surface area contributed by atoms with Gasteiger partial charge in [0, 0.05) is 42.4 Å². The largest absolute Gasteiger partial charge is 0.278 e. The molecule has 11 rings (SSSR count). The van der Waals surface area contributed by atoms with Crippen LogP contribution in [-0.4, -0.2) is 19.5 Å². The first kappa shape index (κ1) is 33.4. The molecule has 1 aliphatic carbocycles. The van der Waals surface area contributed by atoms with Crippen molar-refractivity contribution in [2.24, 2.45) is 5.92 Å². The second kappa shape index (κ2) is 13.7. The molecule has 3 aromatic heterocycles. The van der Waals surface area contributed by atoms with Gasteiger partial charge in [-0.25, -0.2) is 4.98 Å². The third-order valence-corrected chi connectivity index (χ3v) is 12.6. The third kappa shape index (κ3) is 5.78. The fourth-order valence-electron chi connectivity index (χ4n) is 8.43. The standard InChI is InChI=1S/C52H36N4S/c1-33-13-8-9-18-40(33)51-53-50(37-25-23-36(24-26-37)34-14-4-2-5-15-34)54-52(55-51)56-46-22-11-10-19-42(46)44-32-39(27-29-47(44)56)41-20-12-21-43-45-31-38(35-16-6-3-7-17-35)28-30-48(45)57-49(41)43/h2-33,40H,1H3. The van der Waals surface area contributed by atoms with E-state index in [2.05, 4.69) is 194 Å². The Labute approximate surface area is 334 Å². The lowest BCUT2D eigenvalue weighted by molar-refractivity contribution is 0.597. The number of para-hydroxylation sites is 1. The maximum Gasteiger partial charge on any atom is 0.238 e. The maximum atomic E-state index is 5.27. The molecule has 0 saturated heterocycles. The molecule has 2 unspecified atom stereocenters. The molecule has 0 N–H and O–H groups in total. The monoisotopic (exact) mass is 748 g/mol. The zero-order chi connectivity index (χ0) is 37.9. The Bertz CT molecular complexity index is 3190. The Kier molecular flexibility index (Phi) is 8.00. The molecule has 0 radical (unpaired) electrons. The van der Waals surface area contributed by atoms with E-state index in [1.807, 2.05) is 17.4 Å². The molecule has 0 fully saturated rings. The van der Waals surface area contributed by atoms with Gasteiger partial charge >= 0.3 is 0 Å². The second-order valence-corrected chi connectivity index (χ2v) is 15.9. The molecule has 3 heterocycles. The highest BCUT2D eigenvalue weighted by Crippen LogP contribution is 2.43. The Morgan fingerprint density at radius 2 is 1.11 bits per heavy atom. The number of nitrogens with zero attached hydrogens (tertiary/aromatic N) is 4. The van der Waals surface area contributed by atoms with Crippen LogP contribution in [-0.2, 0) is 0 Å². The van der Waals surface area contributed by atoms with Crippen LogP contribution in [0, 0.1) is 5.92 Å². The fraction of sp³-hybridized carbons (Fsp3) is 0.0577. The average molecular weight is 749 g/mol. The topological polar surface area (TPSA) is 43.6 Å². The molecule has 270 valence electrons. The van der Waals surface area contributed by atoms with Crippen LogP contribution in [0.1, 0.15) is 18.7 Å². The Morgan fingerprint density at radius 3 is 1.91 bits per heavy atom. The number of aromatic nitrogens is 4. The molecular weight excluding hydrogens is 713 g/mol. The van der Waals surface area contributed by atoms with Crippen LogP contribution in [0.3, 0.4) is 0 Å². The Hall–Kier alpha value is -6.95. The quantitative estimate of drug-likeness (QED) is 0.170. The van der Waals surface area contributed by atoms with Gasteiger partial charge in [-0.05, 0) is 69.6 Å². The number of hydrogen-bond acceptors (Lipinski definition) is 4. The predicted molar refractivity (Wildman–Crippen MR) is 239 cm³/mol. The molecule has 0 spiro atoms. The summed E-state index contributed by atoms with van der Waals surface area (Å²) in [6.45, 7) is 2.23. The second-order valence-electron chi connectivity index (χ2n) is 14.9. The van der Waals surface area contributed by atoms with Gasteiger partial charge in [-0.2, -0.15) is 9.97 Å². The summed E-state index contributed by atoms with van der Waals surface area (Å²) in [6, 6.07) is 58.7. The van der Waals surface area contributed by atoms with Crippen molar-refractivity contribution in [2.75, 3.05) is 0 Å². The zero-order valence-electron chi connectivity index (χ0n) is 31.2. The Balaban J connectivity index is 1.07. The summed E-state index contributed by atoms with van der Waals surface area (Å²) in [4.78, 5) is 15.7. The van der Waals surface area contributed by atoms with Gasteiger partial charge in [0.05, 0.1) is 11.0 Å². The van der Waals surface area contributed by atoms with Crippen LogP contribution in [0.25, 0.3) is 92.7 Å². The van der Waals surface area contributed by atoms with Gasteiger partial charge < -0.3 is 0 Å². The molecule has 10 aromatic rings. The number of thiophene rings is 1. The molecule has 57 heavy (non-hydrogen) atoms. The van der Waals surface area contributed by atoms with Crippen molar-refractivity contribution in [1.82, 2.24) is 19.5 Å². The average Bonchev–Trinajstić information content (AvgIpc) is 3.82. The van der Waals surface area contributed by atoms with Crippen LogP contribution in [0.2, 0.25) is 0 Å². The highest BCUT2D eigenvalue weighted by Gasteiger charge is 2.24. The van der Waals surface area contributed by atoms with E-state index in [1.54, 1.807) is 0 Å². The van der Waals surface area contributed by atoms with Crippen molar-refractivity contribution >= 4 is 53.3 Å². The highest BCUT2D eigenvalue weighted by molar-refractivity contribution is 7.26. The van der Waals surface area contributed by atoms with E-state index in [0.717, 1.165) is 38.8 Å². The van der Waals surface area contributed by atoms with E-state index in [0.29, 0.717) is 11.8 Å². The lowest BCUT2D eigenvalue weighted by Gasteiger charge is -2.20. The summed E-state index contributed by atoms with van der Waals surface area (Å²) in [5, 5.41) is 4.91. The van der Waals surface area contributed by atoms with Crippen molar-refractivity contribution < 1.29 is 0 Å². The van der Waals surface area contributed by atoms with Crippen molar-refractivity contribution in [3.8, 4) is 50.7 Å². The van der Waals surface area contributed by atoms with E-state index in [9.17, 15) is 0 Å². The SMILES string of the molecule is CC1C=CC=CC1c1nc(-c2ccc(-c3ccccc3)cc2)nc(-n2c3ccccc3c3cc(-c4cccc5c4sc4ccc(-c6ccccc6)cc45)ccc32)n1. The molecule has 4 nitrogen and oxygen atoms in total. The van der Waals surface area contributed by atoms with Crippen molar-refractivity contribution in [3.05, 3.63) is 194 Å². The molecule has 5 heteroatoms. The number of benzene rings is 7. The van der Waals surface area contributed by atoms with Gasteiger partial charge in [-0.15, -0.1) is 11.3 Å². The summed E-state index contributed by atoms with van der Waals surface area (Å²) in [5.41, 5.74) is 10.3. The van der Waals surface area contributed by atoms with Gasteiger partial charge in [0.25, 0.3) is 0 Å². The van der Waals surface area contributed by atoms with Gasteiger partial charge in [-0.1, -0.05) is 165 Å². The first-order chi connectivity index (χ1) is 28.2. The van der Waals surface area contributed by atoms with Crippen molar-refractivity contribution in [2.45, 2.75) is 12.8 Å². The van der Waals surface area contributed by atoms with Gasteiger partial charge in [0.15, 0.2) is 5.82 Å². The zero-order valence-corrected chi connectivity index (χ0v) is 32.1. The lowest BCUT2D eigenvalue weighted by atomic mass is 9.89. The fourth-order valence-corrected chi connectivity index (χ4v) is 9.65. The molecule has 0 aliphatic heterocycles. The summed E-state index contributed by atoms with van der Waals surface area (Å²) < 4.78 is 4.82. The van der Waals surface area contributed by atoms with E-state index >= 15 is 0 Å². The number of hydrogen-bond donors (Lipinski definition) is 0. The number of allylic oxidation sites excluding steroid dienone is 4. The maximum absolute atomic E-state index is 5.27.